The molecule has 0 saturated heterocycles. The number of amides is 1. The molecule has 0 bridgehead atoms. The van der Waals surface area contributed by atoms with Crippen molar-refractivity contribution in [2.24, 2.45) is 0 Å². The lowest BCUT2D eigenvalue weighted by atomic mass is 9.97. The normalized spacial score (nSPS) is 10.8. The number of benzene rings is 4. The molecule has 4 rings (SSSR count). The minimum absolute atomic E-state index is 0.147. The molecule has 188 valence electrons. The highest BCUT2D eigenvalue weighted by molar-refractivity contribution is 9.10. The molecule has 2 N–H and O–H groups in total. The smallest absolute Gasteiger partial charge is 0.341 e. The lowest BCUT2D eigenvalue weighted by Crippen LogP contribution is -2.38. The highest BCUT2D eigenvalue weighted by Crippen LogP contribution is 2.39. The van der Waals surface area contributed by atoms with Crippen LogP contribution in [0, 0.1) is 5.82 Å². The van der Waals surface area contributed by atoms with Crippen LogP contribution in [0.25, 0.3) is 11.1 Å². The van der Waals surface area contributed by atoms with Crippen molar-refractivity contribution in [3.8, 4) is 16.9 Å². The predicted molar refractivity (Wildman–Crippen MR) is 144 cm³/mol. The number of aliphatic carboxylic acids is 1. The molecular formula is C30H25BrFNO4. The molecule has 0 saturated carbocycles. The van der Waals surface area contributed by atoms with Gasteiger partial charge in [0.1, 0.15) is 11.6 Å². The molecule has 0 heterocycles. The Morgan fingerprint density at radius 1 is 0.838 bits per heavy atom. The number of hydrogen-bond acceptors (Lipinski definition) is 3. The lowest BCUT2D eigenvalue weighted by Gasteiger charge is -2.20. The van der Waals surface area contributed by atoms with E-state index in [-0.39, 0.29) is 28.8 Å². The first-order valence-corrected chi connectivity index (χ1v) is 12.5. The molecule has 0 aliphatic carbocycles. The number of ether oxygens (including phenoxy) is 1. The van der Waals surface area contributed by atoms with E-state index in [4.69, 9.17) is 9.84 Å². The second kappa shape index (κ2) is 12.3. The van der Waals surface area contributed by atoms with Crippen molar-refractivity contribution < 1.29 is 23.8 Å². The van der Waals surface area contributed by atoms with Gasteiger partial charge in [-0.25, -0.2) is 9.18 Å². The van der Waals surface area contributed by atoms with E-state index in [9.17, 15) is 14.0 Å². The molecule has 0 aromatic heterocycles. The number of carbonyl (C=O) groups is 2. The van der Waals surface area contributed by atoms with E-state index in [2.05, 4.69) is 21.2 Å². The SMILES string of the molecule is O=C(O)COc1c(Br)cc(C(=O)NC(Cc2ccccc2)Cc2ccccc2)cc1-c1ccccc1F. The molecule has 7 heteroatoms. The standard InChI is InChI=1S/C30H25BrFNO4/c31-26-18-22(17-25(29(26)37-19-28(34)35)24-13-7-8-14-27(24)32)30(36)33-23(15-20-9-3-1-4-10-20)16-21-11-5-2-6-12-21/h1-14,17-18,23H,15-16,19H2,(H,33,36)(H,34,35). The van der Waals surface area contributed by atoms with Crippen molar-refractivity contribution in [1.82, 2.24) is 5.32 Å². The van der Waals surface area contributed by atoms with E-state index in [1.54, 1.807) is 24.3 Å². The number of rotatable bonds is 10. The molecule has 1 amide bonds. The largest absolute Gasteiger partial charge is 0.480 e. The molecule has 0 aliphatic rings. The van der Waals surface area contributed by atoms with Crippen LogP contribution in [0.4, 0.5) is 4.39 Å². The van der Waals surface area contributed by atoms with Gasteiger partial charge in [-0.15, -0.1) is 0 Å². The molecule has 37 heavy (non-hydrogen) atoms. The molecule has 0 fully saturated rings. The maximum Gasteiger partial charge on any atom is 0.341 e. The topological polar surface area (TPSA) is 75.6 Å². The van der Waals surface area contributed by atoms with Crippen LogP contribution >= 0.6 is 15.9 Å². The van der Waals surface area contributed by atoms with Crippen LogP contribution in [-0.2, 0) is 17.6 Å². The number of halogens is 2. The fourth-order valence-corrected chi connectivity index (χ4v) is 4.70. The Bertz CT molecular complexity index is 1340. The average molecular weight is 562 g/mol. The van der Waals surface area contributed by atoms with Gasteiger partial charge in [-0.05, 0) is 58.1 Å². The van der Waals surface area contributed by atoms with Crippen LogP contribution < -0.4 is 10.1 Å². The van der Waals surface area contributed by atoms with Crippen molar-refractivity contribution in [1.29, 1.82) is 0 Å². The summed E-state index contributed by atoms with van der Waals surface area (Å²) in [5.74, 6) is -1.87. The Kier molecular flexibility index (Phi) is 8.69. The molecule has 0 aliphatic heterocycles. The summed E-state index contributed by atoms with van der Waals surface area (Å²) in [5, 5.41) is 12.2. The monoisotopic (exact) mass is 561 g/mol. The highest BCUT2D eigenvalue weighted by Gasteiger charge is 2.21. The van der Waals surface area contributed by atoms with Gasteiger partial charge in [0.2, 0.25) is 0 Å². The van der Waals surface area contributed by atoms with Gasteiger partial charge in [-0.1, -0.05) is 78.9 Å². The molecule has 4 aromatic rings. The lowest BCUT2D eigenvalue weighted by molar-refractivity contribution is -0.139. The quantitative estimate of drug-likeness (QED) is 0.238. The van der Waals surface area contributed by atoms with Crippen LogP contribution in [0.1, 0.15) is 21.5 Å². The summed E-state index contributed by atoms with van der Waals surface area (Å²) in [6, 6.07) is 28.8. The number of hydrogen-bond donors (Lipinski definition) is 2. The number of carbonyl (C=O) groups excluding carboxylic acids is 1. The van der Waals surface area contributed by atoms with Gasteiger partial charge >= 0.3 is 5.97 Å². The van der Waals surface area contributed by atoms with Crippen LogP contribution in [-0.4, -0.2) is 29.6 Å². The summed E-state index contributed by atoms with van der Waals surface area (Å²) in [6.45, 7) is -0.609. The van der Waals surface area contributed by atoms with Crippen molar-refractivity contribution in [3.05, 3.63) is 124 Å². The number of carboxylic acid groups (broad SMARTS) is 1. The molecule has 0 unspecified atom stereocenters. The summed E-state index contributed by atoms with van der Waals surface area (Å²) >= 11 is 3.39. The van der Waals surface area contributed by atoms with Crippen molar-refractivity contribution in [2.75, 3.05) is 6.61 Å². The van der Waals surface area contributed by atoms with Gasteiger partial charge in [-0.2, -0.15) is 0 Å². The maximum atomic E-state index is 14.7. The second-order valence-electron chi connectivity index (χ2n) is 8.55. The van der Waals surface area contributed by atoms with Gasteiger partial charge in [0, 0.05) is 22.7 Å². The fourth-order valence-electron chi connectivity index (χ4n) is 4.13. The third-order valence-electron chi connectivity index (χ3n) is 5.79. The van der Waals surface area contributed by atoms with E-state index in [0.717, 1.165) is 11.1 Å². The first-order chi connectivity index (χ1) is 17.9. The first kappa shape index (κ1) is 26.1. The maximum absolute atomic E-state index is 14.7. The van der Waals surface area contributed by atoms with Crippen LogP contribution in [0.5, 0.6) is 5.75 Å². The number of carboxylic acids is 1. The molecular weight excluding hydrogens is 537 g/mol. The van der Waals surface area contributed by atoms with E-state index >= 15 is 0 Å². The van der Waals surface area contributed by atoms with Gasteiger partial charge in [-0.3, -0.25) is 4.79 Å². The Balaban J connectivity index is 1.67. The Hall–Kier alpha value is -3.97. The van der Waals surface area contributed by atoms with Crippen LogP contribution in [0.2, 0.25) is 0 Å². The Morgan fingerprint density at radius 2 is 1.41 bits per heavy atom. The summed E-state index contributed by atoms with van der Waals surface area (Å²) in [6.07, 6.45) is 1.26. The Morgan fingerprint density at radius 3 is 1.97 bits per heavy atom. The van der Waals surface area contributed by atoms with Crippen molar-refractivity contribution in [2.45, 2.75) is 18.9 Å². The van der Waals surface area contributed by atoms with E-state index in [1.807, 2.05) is 60.7 Å². The minimum atomic E-state index is -1.17. The van der Waals surface area contributed by atoms with Gasteiger partial charge < -0.3 is 15.2 Å². The van der Waals surface area contributed by atoms with E-state index in [1.165, 1.54) is 12.1 Å². The van der Waals surface area contributed by atoms with Gasteiger partial charge in [0.25, 0.3) is 5.91 Å². The molecule has 0 spiro atoms. The van der Waals surface area contributed by atoms with Crippen molar-refractivity contribution >= 4 is 27.8 Å². The van der Waals surface area contributed by atoms with Crippen molar-refractivity contribution in [3.63, 3.8) is 0 Å². The first-order valence-electron chi connectivity index (χ1n) is 11.7. The highest BCUT2D eigenvalue weighted by atomic mass is 79.9. The third kappa shape index (κ3) is 7.05. The van der Waals surface area contributed by atoms with Crippen LogP contribution in [0.3, 0.4) is 0 Å². The predicted octanol–water partition coefficient (Wildman–Crippen LogP) is 6.30. The molecule has 0 radical (unpaired) electrons. The van der Waals surface area contributed by atoms with Crippen LogP contribution in [0.15, 0.2) is 102 Å². The Labute approximate surface area is 223 Å². The minimum Gasteiger partial charge on any atom is -0.480 e. The molecule has 0 atom stereocenters. The summed E-state index contributed by atoms with van der Waals surface area (Å²) in [4.78, 5) is 24.6. The zero-order valence-corrected chi connectivity index (χ0v) is 21.5. The summed E-state index contributed by atoms with van der Waals surface area (Å²) in [7, 11) is 0. The zero-order valence-electron chi connectivity index (χ0n) is 19.9. The van der Waals surface area contributed by atoms with Gasteiger partial charge in [0.05, 0.1) is 4.47 Å². The zero-order chi connectivity index (χ0) is 26.2. The fraction of sp³-hybridized carbons (Fsp3) is 0.133. The summed E-state index contributed by atoms with van der Waals surface area (Å²) in [5.41, 5.74) is 2.95. The van der Waals surface area contributed by atoms with E-state index < -0.39 is 18.4 Å². The third-order valence-corrected chi connectivity index (χ3v) is 6.38. The average Bonchev–Trinajstić information content (AvgIpc) is 2.89. The van der Waals surface area contributed by atoms with E-state index in [0.29, 0.717) is 22.9 Å². The molecule has 5 nitrogen and oxygen atoms in total. The number of nitrogens with one attached hydrogen (secondary N) is 1. The molecule has 4 aromatic carbocycles. The second-order valence-corrected chi connectivity index (χ2v) is 9.40. The van der Waals surface area contributed by atoms with Gasteiger partial charge in [0.15, 0.2) is 6.61 Å². The summed E-state index contributed by atoms with van der Waals surface area (Å²) < 4.78 is 20.5.